The average Bonchev–Trinajstić information content (AvgIpc) is 2.55. The quantitative estimate of drug-likeness (QED) is 0.768. The molecule has 0 radical (unpaired) electrons. The SMILES string of the molecule is CC(NC(C)c1cccc(CO)c1)C(=O)Nc1ccccc1. The maximum Gasteiger partial charge on any atom is 0.241 e. The fourth-order valence-corrected chi connectivity index (χ4v) is 2.28. The number of amides is 1. The molecule has 0 heterocycles. The lowest BCUT2D eigenvalue weighted by atomic mass is 10.0. The van der Waals surface area contributed by atoms with Crippen molar-refractivity contribution in [1.82, 2.24) is 5.32 Å². The van der Waals surface area contributed by atoms with Gasteiger partial charge in [0.05, 0.1) is 12.6 Å². The fourth-order valence-electron chi connectivity index (χ4n) is 2.28. The summed E-state index contributed by atoms with van der Waals surface area (Å²) < 4.78 is 0. The summed E-state index contributed by atoms with van der Waals surface area (Å²) in [6.45, 7) is 3.86. The van der Waals surface area contributed by atoms with Crippen molar-refractivity contribution >= 4 is 11.6 Å². The van der Waals surface area contributed by atoms with Crippen molar-refractivity contribution in [3.8, 4) is 0 Å². The Morgan fingerprint density at radius 1 is 1.09 bits per heavy atom. The van der Waals surface area contributed by atoms with Crippen LogP contribution in [0.2, 0.25) is 0 Å². The van der Waals surface area contributed by atoms with Crippen LogP contribution in [0, 0.1) is 0 Å². The predicted octanol–water partition coefficient (Wildman–Crippen LogP) is 2.86. The van der Waals surface area contributed by atoms with E-state index in [1.54, 1.807) is 0 Å². The number of para-hydroxylation sites is 1. The molecule has 116 valence electrons. The van der Waals surface area contributed by atoms with Crippen LogP contribution in [0.5, 0.6) is 0 Å². The van der Waals surface area contributed by atoms with Gasteiger partial charge in [-0.1, -0.05) is 42.5 Å². The number of aliphatic hydroxyl groups is 1. The summed E-state index contributed by atoms with van der Waals surface area (Å²) in [5, 5.41) is 15.3. The van der Waals surface area contributed by atoms with E-state index in [9.17, 15) is 9.90 Å². The van der Waals surface area contributed by atoms with Gasteiger partial charge in [0.1, 0.15) is 0 Å². The first-order chi connectivity index (χ1) is 10.6. The number of nitrogens with one attached hydrogen (secondary N) is 2. The smallest absolute Gasteiger partial charge is 0.241 e. The van der Waals surface area contributed by atoms with Gasteiger partial charge in [-0.2, -0.15) is 0 Å². The molecule has 0 fully saturated rings. The van der Waals surface area contributed by atoms with E-state index < -0.39 is 0 Å². The number of carbonyl (C=O) groups is 1. The highest BCUT2D eigenvalue weighted by atomic mass is 16.3. The minimum Gasteiger partial charge on any atom is -0.392 e. The zero-order valence-electron chi connectivity index (χ0n) is 12.9. The molecule has 2 rings (SSSR count). The van der Waals surface area contributed by atoms with Gasteiger partial charge in [-0.05, 0) is 37.1 Å². The van der Waals surface area contributed by atoms with E-state index in [0.29, 0.717) is 0 Å². The highest BCUT2D eigenvalue weighted by molar-refractivity contribution is 5.94. The van der Waals surface area contributed by atoms with Crippen LogP contribution in [-0.2, 0) is 11.4 Å². The van der Waals surface area contributed by atoms with Crippen molar-refractivity contribution in [3.63, 3.8) is 0 Å². The van der Waals surface area contributed by atoms with Crippen LogP contribution in [0.3, 0.4) is 0 Å². The van der Waals surface area contributed by atoms with Gasteiger partial charge in [0, 0.05) is 11.7 Å². The molecule has 0 aliphatic rings. The van der Waals surface area contributed by atoms with Gasteiger partial charge in [0.25, 0.3) is 0 Å². The Bertz CT molecular complexity index is 613. The van der Waals surface area contributed by atoms with Crippen molar-refractivity contribution in [2.75, 3.05) is 5.32 Å². The zero-order chi connectivity index (χ0) is 15.9. The Labute approximate surface area is 131 Å². The van der Waals surface area contributed by atoms with E-state index in [-0.39, 0.29) is 24.6 Å². The summed E-state index contributed by atoms with van der Waals surface area (Å²) in [6, 6.07) is 16.8. The molecule has 4 heteroatoms. The predicted molar refractivity (Wildman–Crippen MR) is 88.4 cm³/mol. The van der Waals surface area contributed by atoms with Crippen LogP contribution in [0.25, 0.3) is 0 Å². The Kier molecular flexibility index (Phi) is 5.69. The minimum atomic E-state index is -0.326. The molecule has 0 aliphatic heterocycles. The van der Waals surface area contributed by atoms with Gasteiger partial charge in [-0.25, -0.2) is 0 Å². The van der Waals surface area contributed by atoms with Gasteiger partial charge in [0.15, 0.2) is 0 Å². The van der Waals surface area contributed by atoms with E-state index >= 15 is 0 Å². The molecule has 0 aliphatic carbocycles. The molecular weight excluding hydrogens is 276 g/mol. The van der Waals surface area contributed by atoms with Gasteiger partial charge in [-0.15, -0.1) is 0 Å². The second kappa shape index (κ2) is 7.73. The van der Waals surface area contributed by atoms with E-state index in [1.807, 2.05) is 68.4 Å². The van der Waals surface area contributed by atoms with Crippen molar-refractivity contribution < 1.29 is 9.90 Å². The third-order valence-electron chi connectivity index (χ3n) is 3.57. The molecule has 0 bridgehead atoms. The van der Waals surface area contributed by atoms with Crippen molar-refractivity contribution in [1.29, 1.82) is 0 Å². The van der Waals surface area contributed by atoms with Crippen LogP contribution < -0.4 is 10.6 Å². The lowest BCUT2D eigenvalue weighted by Crippen LogP contribution is -2.39. The Morgan fingerprint density at radius 3 is 2.50 bits per heavy atom. The summed E-state index contributed by atoms with van der Waals surface area (Å²) in [6.07, 6.45) is 0. The summed E-state index contributed by atoms with van der Waals surface area (Å²) in [4.78, 5) is 12.2. The van der Waals surface area contributed by atoms with Gasteiger partial charge >= 0.3 is 0 Å². The molecule has 3 N–H and O–H groups in total. The highest BCUT2D eigenvalue weighted by Gasteiger charge is 2.16. The summed E-state index contributed by atoms with van der Waals surface area (Å²) in [5.74, 6) is -0.0728. The van der Waals surface area contributed by atoms with Crippen LogP contribution in [-0.4, -0.2) is 17.1 Å². The van der Waals surface area contributed by atoms with Crippen molar-refractivity contribution in [2.24, 2.45) is 0 Å². The Hall–Kier alpha value is -2.17. The molecule has 0 saturated carbocycles. The van der Waals surface area contributed by atoms with E-state index in [4.69, 9.17) is 0 Å². The molecule has 0 aromatic heterocycles. The molecular formula is C18H22N2O2. The number of carbonyl (C=O) groups excluding carboxylic acids is 1. The zero-order valence-corrected chi connectivity index (χ0v) is 12.9. The van der Waals surface area contributed by atoms with Crippen molar-refractivity contribution in [2.45, 2.75) is 32.5 Å². The van der Waals surface area contributed by atoms with Gasteiger partial charge in [0.2, 0.25) is 5.91 Å². The lowest BCUT2D eigenvalue weighted by molar-refractivity contribution is -0.117. The first kappa shape index (κ1) is 16.2. The Balaban J connectivity index is 1.95. The molecule has 22 heavy (non-hydrogen) atoms. The topological polar surface area (TPSA) is 61.4 Å². The van der Waals surface area contributed by atoms with Crippen LogP contribution >= 0.6 is 0 Å². The van der Waals surface area contributed by atoms with E-state index in [0.717, 1.165) is 16.8 Å². The number of hydrogen-bond acceptors (Lipinski definition) is 3. The molecule has 4 nitrogen and oxygen atoms in total. The van der Waals surface area contributed by atoms with Crippen molar-refractivity contribution in [3.05, 3.63) is 65.7 Å². The minimum absolute atomic E-state index is 0.0167. The maximum absolute atomic E-state index is 12.2. The summed E-state index contributed by atoms with van der Waals surface area (Å²) >= 11 is 0. The molecule has 0 saturated heterocycles. The lowest BCUT2D eigenvalue weighted by Gasteiger charge is -2.20. The van der Waals surface area contributed by atoms with E-state index in [1.165, 1.54) is 0 Å². The number of rotatable bonds is 6. The molecule has 1 amide bonds. The van der Waals surface area contributed by atoms with Gasteiger partial charge in [-0.3, -0.25) is 10.1 Å². The highest BCUT2D eigenvalue weighted by Crippen LogP contribution is 2.15. The second-order valence-corrected chi connectivity index (χ2v) is 5.37. The third kappa shape index (κ3) is 4.41. The fraction of sp³-hybridized carbons (Fsp3) is 0.278. The number of benzene rings is 2. The standard InChI is InChI=1S/C18H22N2O2/c1-13(16-8-6-7-15(11-16)12-21)19-14(2)18(22)20-17-9-4-3-5-10-17/h3-11,13-14,19,21H,12H2,1-2H3,(H,20,22). The number of hydrogen-bond donors (Lipinski definition) is 3. The molecule has 2 unspecified atom stereocenters. The number of aliphatic hydroxyl groups excluding tert-OH is 1. The van der Waals surface area contributed by atoms with Crippen LogP contribution in [0.4, 0.5) is 5.69 Å². The summed E-state index contributed by atoms with van der Waals surface area (Å²) in [5.41, 5.74) is 2.70. The normalized spacial score (nSPS) is 13.4. The largest absolute Gasteiger partial charge is 0.392 e. The first-order valence-corrected chi connectivity index (χ1v) is 7.42. The first-order valence-electron chi connectivity index (χ1n) is 7.42. The molecule has 2 aromatic rings. The van der Waals surface area contributed by atoms with Crippen LogP contribution in [0.1, 0.15) is 31.0 Å². The molecule has 2 aromatic carbocycles. The maximum atomic E-state index is 12.2. The number of anilines is 1. The van der Waals surface area contributed by atoms with E-state index in [2.05, 4.69) is 10.6 Å². The average molecular weight is 298 g/mol. The van der Waals surface area contributed by atoms with Gasteiger partial charge < -0.3 is 10.4 Å². The third-order valence-corrected chi connectivity index (χ3v) is 3.57. The summed E-state index contributed by atoms with van der Waals surface area (Å²) in [7, 11) is 0. The Morgan fingerprint density at radius 2 is 1.82 bits per heavy atom. The molecule has 2 atom stereocenters. The van der Waals surface area contributed by atoms with Crippen LogP contribution in [0.15, 0.2) is 54.6 Å². The second-order valence-electron chi connectivity index (χ2n) is 5.37. The molecule has 0 spiro atoms. The monoisotopic (exact) mass is 298 g/mol.